The second kappa shape index (κ2) is 5.57. The molecule has 1 atom stereocenters. The number of ether oxygens (including phenoxy) is 1. The Kier molecular flexibility index (Phi) is 3.86. The maximum atomic E-state index is 11.5. The molecule has 1 unspecified atom stereocenters. The van der Waals surface area contributed by atoms with Gasteiger partial charge in [-0.2, -0.15) is 5.26 Å². The van der Waals surface area contributed by atoms with E-state index in [1.165, 1.54) is 0 Å². The predicted molar refractivity (Wildman–Crippen MR) is 72.8 cm³/mol. The molecule has 4 heteroatoms. The van der Waals surface area contributed by atoms with Crippen molar-refractivity contribution in [1.82, 2.24) is 0 Å². The number of carbonyl (C=O) groups excluding carboxylic acids is 1. The molecule has 1 aromatic rings. The van der Waals surface area contributed by atoms with Crippen LogP contribution in [0.25, 0.3) is 0 Å². The van der Waals surface area contributed by atoms with E-state index in [-0.39, 0.29) is 11.7 Å². The SMILES string of the molecule is COc1ccc(N2CC(C(C)=O)CC=C2C#N)cc1. The molecular weight excluding hydrogens is 240 g/mol. The minimum absolute atomic E-state index is 0.0424. The van der Waals surface area contributed by atoms with Crippen LogP contribution in [0.5, 0.6) is 5.75 Å². The van der Waals surface area contributed by atoms with Crippen molar-refractivity contribution < 1.29 is 9.53 Å². The monoisotopic (exact) mass is 256 g/mol. The highest BCUT2D eigenvalue weighted by Crippen LogP contribution is 2.28. The molecule has 98 valence electrons. The molecule has 0 bridgehead atoms. The van der Waals surface area contributed by atoms with Crippen molar-refractivity contribution in [2.24, 2.45) is 5.92 Å². The summed E-state index contributed by atoms with van der Waals surface area (Å²) in [5.41, 5.74) is 1.50. The fourth-order valence-electron chi connectivity index (χ4n) is 2.16. The molecule has 1 aromatic carbocycles. The second-order valence-corrected chi connectivity index (χ2v) is 4.55. The number of hydrogen-bond acceptors (Lipinski definition) is 4. The summed E-state index contributed by atoms with van der Waals surface area (Å²) in [5, 5.41) is 9.18. The van der Waals surface area contributed by atoms with Crippen LogP contribution in [-0.2, 0) is 4.79 Å². The van der Waals surface area contributed by atoms with Crippen LogP contribution in [0.1, 0.15) is 13.3 Å². The summed E-state index contributed by atoms with van der Waals surface area (Å²) in [4.78, 5) is 13.4. The quantitative estimate of drug-likeness (QED) is 0.833. The molecule has 1 aliphatic rings. The molecule has 0 amide bonds. The molecule has 0 saturated carbocycles. The molecule has 0 fully saturated rings. The van der Waals surface area contributed by atoms with E-state index in [1.807, 2.05) is 35.2 Å². The molecule has 1 aliphatic heterocycles. The average Bonchev–Trinajstić information content (AvgIpc) is 2.46. The molecule has 0 spiro atoms. The zero-order valence-corrected chi connectivity index (χ0v) is 11.1. The van der Waals surface area contributed by atoms with Crippen LogP contribution in [0, 0.1) is 17.2 Å². The molecule has 0 radical (unpaired) electrons. The highest BCUT2D eigenvalue weighted by atomic mass is 16.5. The van der Waals surface area contributed by atoms with Gasteiger partial charge < -0.3 is 9.64 Å². The van der Waals surface area contributed by atoms with Crippen molar-refractivity contribution in [2.75, 3.05) is 18.6 Å². The Labute approximate surface area is 112 Å². The minimum Gasteiger partial charge on any atom is -0.497 e. The first-order chi connectivity index (χ1) is 9.15. The van der Waals surface area contributed by atoms with Gasteiger partial charge in [0.05, 0.1) is 7.11 Å². The van der Waals surface area contributed by atoms with Crippen molar-refractivity contribution >= 4 is 11.5 Å². The zero-order chi connectivity index (χ0) is 13.8. The fourth-order valence-corrected chi connectivity index (χ4v) is 2.16. The number of hydrogen-bond donors (Lipinski definition) is 0. The van der Waals surface area contributed by atoms with E-state index >= 15 is 0 Å². The summed E-state index contributed by atoms with van der Waals surface area (Å²) in [6.07, 6.45) is 2.48. The standard InChI is InChI=1S/C15H16N2O2/c1-11(18)12-3-4-14(9-16)17(10-12)13-5-7-15(19-2)8-6-13/h4-8,12H,3,10H2,1-2H3. The number of carbonyl (C=O) groups is 1. The van der Waals surface area contributed by atoms with Gasteiger partial charge in [0.25, 0.3) is 0 Å². The molecule has 1 heterocycles. The Morgan fingerprint density at radius 3 is 2.63 bits per heavy atom. The van der Waals surface area contributed by atoms with Crippen LogP contribution in [0.4, 0.5) is 5.69 Å². The number of rotatable bonds is 3. The highest BCUT2D eigenvalue weighted by Gasteiger charge is 2.25. The van der Waals surface area contributed by atoms with E-state index in [0.29, 0.717) is 18.7 Å². The maximum absolute atomic E-state index is 11.5. The van der Waals surface area contributed by atoms with Crippen molar-refractivity contribution in [3.05, 3.63) is 36.0 Å². The van der Waals surface area contributed by atoms with Crippen molar-refractivity contribution in [3.63, 3.8) is 0 Å². The number of methoxy groups -OCH3 is 1. The number of allylic oxidation sites excluding steroid dienone is 2. The lowest BCUT2D eigenvalue weighted by Crippen LogP contribution is -2.34. The van der Waals surface area contributed by atoms with Gasteiger partial charge in [0.2, 0.25) is 0 Å². The summed E-state index contributed by atoms with van der Waals surface area (Å²) < 4.78 is 5.12. The lowest BCUT2D eigenvalue weighted by atomic mass is 9.95. The van der Waals surface area contributed by atoms with Crippen LogP contribution < -0.4 is 9.64 Å². The minimum atomic E-state index is -0.0424. The molecule has 0 aliphatic carbocycles. The van der Waals surface area contributed by atoms with Gasteiger partial charge in [-0.25, -0.2) is 0 Å². The first-order valence-electron chi connectivity index (χ1n) is 6.18. The predicted octanol–water partition coefficient (Wildman–Crippen LogP) is 2.52. The van der Waals surface area contributed by atoms with Gasteiger partial charge in [0, 0.05) is 18.2 Å². The average molecular weight is 256 g/mol. The summed E-state index contributed by atoms with van der Waals surface area (Å²) in [6, 6.07) is 9.67. The van der Waals surface area contributed by atoms with Gasteiger partial charge in [0.15, 0.2) is 0 Å². The molecule has 0 saturated heterocycles. The third-order valence-corrected chi connectivity index (χ3v) is 3.36. The number of anilines is 1. The normalized spacial score (nSPS) is 18.5. The largest absolute Gasteiger partial charge is 0.497 e. The molecule has 0 aromatic heterocycles. The lowest BCUT2D eigenvalue weighted by molar-refractivity contribution is -0.120. The van der Waals surface area contributed by atoms with Gasteiger partial charge in [-0.05, 0) is 43.7 Å². The topological polar surface area (TPSA) is 53.3 Å². The fraction of sp³-hybridized carbons (Fsp3) is 0.333. The molecule has 4 nitrogen and oxygen atoms in total. The second-order valence-electron chi connectivity index (χ2n) is 4.55. The van der Waals surface area contributed by atoms with Crippen LogP contribution >= 0.6 is 0 Å². The van der Waals surface area contributed by atoms with Gasteiger partial charge in [-0.1, -0.05) is 0 Å². The number of benzene rings is 1. The van der Waals surface area contributed by atoms with E-state index in [1.54, 1.807) is 14.0 Å². The van der Waals surface area contributed by atoms with E-state index < -0.39 is 0 Å². The molecule has 2 rings (SSSR count). The number of nitriles is 1. The molecular formula is C15H16N2O2. The Balaban J connectivity index is 2.29. The highest BCUT2D eigenvalue weighted by molar-refractivity contribution is 5.80. The van der Waals surface area contributed by atoms with Gasteiger partial charge in [0.1, 0.15) is 23.3 Å². The van der Waals surface area contributed by atoms with E-state index in [0.717, 1.165) is 11.4 Å². The Hall–Kier alpha value is -2.28. The van der Waals surface area contributed by atoms with Crippen molar-refractivity contribution in [3.8, 4) is 11.8 Å². The smallest absolute Gasteiger partial charge is 0.135 e. The molecule has 19 heavy (non-hydrogen) atoms. The van der Waals surface area contributed by atoms with Gasteiger partial charge >= 0.3 is 0 Å². The maximum Gasteiger partial charge on any atom is 0.135 e. The van der Waals surface area contributed by atoms with Crippen LogP contribution in [0.15, 0.2) is 36.0 Å². The Morgan fingerprint density at radius 1 is 1.42 bits per heavy atom. The van der Waals surface area contributed by atoms with E-state index in [2.05, 4.69) is 6.07 Å². The number of Topliss-reactive ketones (excluding diaryl/α,β-unsaturated/α-hetero) is 1. The van der Waals surface area contributed by atoms with Crippen molar-refractivity contribution in [1.29, 1.82) is 5.26 Å². The molecule has 0 N–H and O–H groups in total. The van der Waals surface area contributed by atoms with Gasteiger partial charge in [-0.15, -0.1) is 0 Å². The Morgan fingerprint density at radius 2 is 2.11 bits per heavy atom. The first-order valence-corrected chi connectivity index (χ1v) is 6.18. The third-order valence-electron chi connectivity index (χ3n) is 3.36. The van der Waals surface area contributed by atoms with E-state index in [4.69, 9.17) is 4.74 Å². The summed E-state index contributed by atoms with van der Waals surface area (Å²) >= 11 is 0. The number of nitrogens with zero attached hydrogens (tertiary/aromatic N) is 2. The Bertz CT molecular complexity index is 540. The zero-order valence-electron chi connectivity index (χ0n) is 11.1. The first kappa shape index (κ1) is 13.2. The third kappa shape index (κ3) is 2.76. The summed E-state index contributed by atoms with van der Waals surface area (Å²) in [6.45, 7) is 2.16. The summed E-state index contributed by atoms with van der Waals surface area (Å²) in [7, 11) is 1.61. The van der Waals surface area contributed by atoms with E-state index in [9.17, 15) is 10.1 Å². The van der Waals surface area contributed by atoms with Gasteiger partial charge in [-0.3, -0.25) is 4.79 Å². The lowest BCUT2D eigenvalue weighted by Gasteiger charge is -2.31. The van der Waals surface area contributed by atoms with Crippen molar-refractivity contribution in [2.45, 2.75) is 13.3 Å². The van der Waals surface area contributed by atoms with Crippen LogP contribution in [0.3, 0.4) is 0 Å². The number of ketones is 1. The van der Waals surface area contributed by atoms with Crippen LogP contribution in [0.2, 0.25) is 0 Å². The van der Waals surface area contributed by atoms with Crippen LogP contribution in [-0.4, -0.2) is 19.4 Å². The summed E-state index contributed by atoms with van der Waals surface area (Å²) in [5.74, 6) is 0.886.